The average molecular weight is 378 g/mol. The molecule has 1 aliphatic heterocycles. The Morgan fingerprint density at radius 1 is 1.18 bits per heavy atom. The molecule has 0 saturated carbocycles. The zero-order chi connectivity index (χ0) is 19.7. The first kappa shape index (κ1) is 18.0. The van der Waals surface area contributed by atoms with E-state index >= 15 is 0 Å². The lowest BCUT2D eigenvalue weighted by Crippen LogP contribution is -2.35. The van der Waals surface area contributed by atoms with Gasteiger partial charge in [-0.1, -0.05) is 30.3 Å². The lowest BCUT2D eigenvalue weighted by Gasteiger charge is -2.28. The standard InChI is InChI=1S/C21H16F2N4O/c22-17-8-13(10-24)9-18(23)16(17)11-27-7-6-15-19(12-27)25-20(26-21(15)28)14-4-2-1-3-5-14/h1-5,8-9H,6-7,11-12H2,(H,25,26,28). The van der Waals surface area contributed by atoms with Crippen LogP contribution in [0.15, 0.2) is 47.3 Å². The molecule has 0 radical (unpaired) electrons. The van der Waals surface area contributed by atoms with Crippen molar-refractivity contribution < 1.29 is 8.78 Å². The van der Waals surface area contributed by atoms with Crippen molar-refractivity contribution in [2.75, 3.05) is 6.54 Å². The van der Waals surface area contributed by atoms with Crippen LogP contribution in [-0.4, -0.2) is 21.4 Å². The van der Waals surface area contributed by atoms with E-state index in [9.17, 15) is 13.6 Å². The minimum atomic E-state index is -0.744. The number of rotatable bonds is 3. The van der Waals surface area contributed by atoms with E-state index in [0.29, 0.717) is 36.6 Å². The van der Waals surface area contributed by atoms with E-state index in [1.54, 1.807) is 6.07 Å². The maximum absolute atomic E-state index is 14.2. The van der Waals surface area contributed by atoms with Crippen molar-refractivity contribution in [2.24, 2.45) is 0 Å². The van der Waals surface area contributed by atoms with Crippen LogP contribution in [0.4, 0.5) is 8.78 Å². The van der Waals surface area contributed by atoms with Gasteiger partial charge >= 0.3 is 0 Å². The van der Waals surface area contributed by atoms with Crippen LogP contribution >= 0.6 is 0 Å². The molecule has 2 aromatic carbocycles. The van der Waals surface area contributed by atoms with E-state index in [4.69, 9.17) is 5.26 Å². The molecule has 3 aromatic rings. The topological polar surface area (TPSA) is 72.8 Å². The summed E-state index contributed by atoms with van der Waals surface area (Å²) in [5.41, 5.74) is 1.70. The molecule has 0 bridgehead atoms. The van der Waals surface area contributed by atoms with E-state index in [0.717, 1.165) is 17.7 Å². The molecular formula is C21H16F2N4O. The quantitative estimate of drug-likeness (QED) is 0.760. The fourth-order valence-corrected chi connectivity index (χ4v) is 3.40. The number of H-pyrrole nitrogens is 1. The van der Waals surface area contributed by atoms with Gasteiger partial charge < -0.3 is 4.98 Å². The van der Waals surface area contributed by atoms with Crippen LogP contribution in [0.2, 0.25) is 0 Å². The van der Waals surface area contributed by atoms with Gasteiger partial charge in [0.2, 0.25) is 0 Å². The maximum Gasteiger partial charge on any atom is 0.254 e. The highest BCUT2D eigenvalue weighted by molar-refractivity contribution is 5.54. The second-order valence-electron chi connectivity index (χ2n) is 6.70. The van der Waals surface area contributed by atoms with E-state index in [1.165, 1.54) is 0 Å². The Morgan fingerprint density at radius 3 is 2.57 bits per heavy atom. The van der Waals surface area contributed by atoms with Gasteiger partial charge in [-0.25, -0.2) is 13.8 Å². The Labute approximate surface area is 159 Å². The number of nitrogens with one attached hydrogen (secondary N) is 1. The molecule has 4 rings (SSSR count). The molecule has 28 heavy (non-hydrogen) atoms. The molecule has 0 atom stereocenters. The molecule has 140 valence electrons. The normalized spacial score (nSPS) is 13.8. The number of hydrogen-bond acceptors (Lipinski definition) is 4. The smallest absolute Gasteiger partial charge is 0.254 e. The minimum Gasteiger partial charge on any atom is -0.306 e. The summed E-state index contributed by atoms with van der Waals surface area (Å²) >= 11 is 0. The number of aromatic amines is 1. The van der Waals surface area contributed by atoms with Crippen LogP contribution in [0.25, 0.3) is 11.4 Å². The number of nitrogens with zero attached hydrogens (tertiary/aromatic N) is 3. The van der Waals surface area contributed by atoms with E-state index < -0.39 is 11.6 Å². The summed E-state index contributed by atoms with van der Waals surface area (Å²) < 4.78 is 28.4. The highest BCUT2D eigenvalue weighted by Gasteiger charge is 2.23. The average Bonchev–Trinajstić information content (AvgIpc) is 2.71. The largest absolute Gasteiger partial charge is 0.306 e. The first-order valence-electron chi connectivity index (χ1n) is 8.83. The molecule has 1 aromatic heterocycles. The van der Waals surface area contributed by atoms with Crippen LogP contribution in [0.5, 0.6) is 0 Å². The third-order valence-electron chi connectivity index (χ3n) is 4.85. The van der Waals surface area contributed by atoms with Gasteiger partial charge in [-0.15, -0.1) is 0 Å². The molecule has 1 N–H and O–H groups in total. The van der Waals surface area contributed by atoms with Crippen molar-refractivity contribution in [1.29, 1.82) is 5.26 Å². The summed E-state index contributed by atoms with van der Waals surface area (Å²) in [6.07, 6.45) is 0.451. The first-order valence-corrected chi connectivity index (χ1v) is 8.83. The molecule has 0 unspecified atom stereocenters. The lowest BCUT2D eigenvalue weighted by atomic mass is 10.0. The molecule has 0 amide bonds. The third-order valence-corrected chi connectivity index (χ3v) is 4.85. The fourth-order valence-electron chi connectivity index (χ4n) is 3.40. The third kappa shape index (κ3) is 3.42. The molecule has 1 aliphatic rings. The van der Waals surface area contributed by atoms with Crippen molar-refractivity contribution in [3.8, 4) is 17.5 Å². The second kappa shape index (κ2) is 7.33. The number of aromatic nitrogens is 2. The van der Waals surface area contributed by atoms with Gasteiger partial charge in [0.05, 0.1) is 17.3 Å². The minimum absolute atomic E-state index is 0.0396. The van der Waals surface area contributed by atoms with Crippen molar-refractivity contribution in [2.45, 2.75) is 19.5 Å². The summed E-state index contributed by atoms with van der Waals surface area (Å²) in [6.45, 7) is 0.845. The van der Waals surface area contributed by atoms with Gasteiger partial charge in [0.25, 0.3) is 5.56 Å². The summed E-state index contributed by atoms with van der Waals surface area (Å²) in [7, 11) is 0. The summed E-state index contributed by atoms with van der Waals surface area (Å²) in [5.74, 6) is -1.01. The Hall–Kier alpha value is -3.37. The molecule has 0 aliphatic carbocycles. The van der Waals surface area contributed by atoms with Crippen molar-refractivity contribution in [1.82, 2.24) is 14.9 Å². The number of fused-ring (bicyclic) bond motifs is 1. The maximum atomic E-state index is 14.2. The number of benzene rings is 2. The Bertz CT molecular complexity index is 1110. The number of halogens is 2. The summed E-state index contributed by atoms with van der Waals surface area (Å²) in [4.78, 5) is 21.7. The van der Waals surface area contributed by atoms with Crippen LogP contribution in [-0.2, 0) is 19.5 Å². The zero-order valence-electron chi connectivity index (χ0n) is 14.9. The Morgan fingerprint density at radius 2 is 1.89 bits per heavy atom. The van der Waals surface area contributed by atoms with Crippen LogP contribution in [0.1, 0.15) is 22.4 Å². The molecule has 2 heterocycles. The van der Waals surface area contributed by atoms with Gasteiger partial charge in [-0.3, -0.25) is 9.69 Å². The SMILES string of the molecule is N#Cc1cc(F)c(CN2CCc3c(nc(-c4ccccc4)[nH]c3=O)C2)c(F)c1. The van der Waals surface area contributed by atoms with Crippen LogP contribution in [0.3, 0.4) is 0 Å². The molecule has 0 fully saturated rings. The van der Waals surface area contributed by atoms with E-state index in [2.05, 4.69) is 9.97 Å². The summed E-state index contributed by atoms with van der Waals surface area (Å²) in [5, 5.41) is 8.82. The Balaban J connectivity index is 1.63. The molecule has 5 nitrogen and oxygen atoms in total. The second-order valence-corrected chi connectivity index (χ2v) is 6.70. The van der Waals surface area contributed by atoms with Gasteiger partial charge in [0.1, 0.15) is 17.5 Å². The number of hydrogen-bond donors (Lipinski definition) is 1. The Kier molecular flexibility index (Phi) is 4.72. The van der Waals surface area contributed by atoms with Gasteiger partial charge in [-0.05, 0) is 18.6 Å². The van der Waals surface area contributed by atoms with Crippen LogP contribution in [0, 0.1) is 23.0 Å². The summed E-state index contributed by atoms with van der Waals surface area (Å²) in [6, 6.07) is 13.1. The first-order chi connectivity index (χ1) is 13.5. The van der Waals surface area contributed by atoms with Gasteiger partial charge in [-0.2, -0.15) is 5.26 Å². The van der Waals surface area contributed by atoms with Crippen molar-refractivity contribution in [3.05, 3.63) is 86.8 Å². The predicted molar refractivity (Wildman–Crippen MR) is 99.2 cm³/mol. The molecule has 7 heteroatoms. The van der Waals surface area contributed by atoms with Crippen LogP contribution < -0.4 is 5.56 Å². The fraction of sp³-hybridized carbons (Fsp3) is 0.190. The zero-order valence-corrected chi connectivity index (χ0v) is 14.9. The predicted octanol–water partition coefficient (Wildman–Crippen LogP) is 3.15. The molecular weight excluding hydrogens is 362 g/mol. The van der Waals surface area contributed by atoms with Crippen molar-refractivity contribution in [3.63, 3.8) is 0 Å². The highest BCUT2D eigenvalue weighted by Crippen LogP contribution is 2.22. The van der Waals surface area contributed by atoms with Gasteiger partial charge in [0, 0.05) is 36.3 Å². The monoisotopic (exact) mass is 378 g/mol. The number of nitriles is 1. The lowest BCUT2D eigenvalue weighted by molar-refractivity contribution is 0.233. The van der Waals surface area contributed by atoms with Crippen molar-refractivity contribution >= 4 is 0 Å². The highest BCUT2D eigenvalue weighted by atomic mass is 19.1. The molecule has 0 spiro atoms. The van der Waals surface area contributed by atoms with Gasteiger partial charge in [0.15, 0.2) is 0 Å². The van der Waals surface area contributed by atoms with E-state index in [-0.39, 0.29) is 23.2 Å². The van der Waals surface area contributed by atoms with E-state index in [1.807, 2.05) is 35.2 Å². The molecule has 0 saturated heterocycles.